The predicted octanol–water partition coefficient (Wildman–Crippen LogP) is 4.00. The number of urea groups is 1. The molecular weight excluding hydrogens is 380 g/mol. The molecule has 7 nitrogen and oxygen atoms in total. The molecule has 30 heavy (non-hydrogen) atoms. The molecule has 1 aliphatic rings. The van der Waals surface area contributed by atoms with Gasteiger partial charge in [0.15, 0.2) is 0 Å². The summed E-state index contributed by atoms with van der Waals surface area (Å²) in [6, 6.07) is 20.3. The average Bonchev–Trinajstić information content (AvgIpc) is 3.21. The Morgan fingerprint density at radius 2 is 1.87 bits per heavy atom. The second-order valence-electron chi connectivity index (χ2n) is 6.94. The maximum Gasteiger partial charge on any atom is 0.321 e. The lowest BCUT2D eigenvalue weighted by Gasteiger charge is -2.15. The van der Waals surface area contributed by atoms with Crippen LogP contribution in [0.2, 0.25) is 0 Å². The van der Waals surface area contributed by atoms with Crippen LogP contribution in [0.25, 0.3) is 0 Å². The van der Waals surface area contributed by atoms with Crippen LogP contribution in [-0.2, 0) is 0 Å². The van der Waals surface area contributed by atoms with E-state index in [1.54, 1.807) is 41.3 Å². The van der Waals surface area contributed by atoms with E-state index >= 15 is 0 Å². The Bertz CT molecular complexity index is 1020. The lowest BCUT2D eigenvalue weighted by atomic mass is 10.1. The Balaban J connectivity index is 1.36. The first-order valence-electron chi connectivity index (χ1n) is 9.74. The van der Waals surface area contributed by atoms with Crippen molar-refractivity contribution >= 4 is 23.3 Å². The zero-order valence-corrected chi connectivity index (χ0v) is 16.5. The van der Waals surface area contributed by atoms with Gasteiger partial charge in [-0.2, -0.15) is 0 Å². The molecule has 7 heteroatoms. The minimum Gasteiger partial charge on any atom is -0.470 e. The summed E-state index contributed by atoms with van der Waals surface area (Å²) in [5, 5.41) is 5.60. The maximum absolute atomic E-state index is 12.5. The number of amides is 3. The number of nitrogens with zero attached hydrogens (tertiary/aromatic N) is 2. The van der Waals surface area contributed by atoms with Gasteiger partial charge < -0.3 is 15.4 Å². The normalized spacial score (nSPS) is 14.2. The molecule has 2 aromatic carbocycles. The molecule has 2 N–H and O–H groups in total. The van der Waals surface area contributed by atoms with Crippen molar-refractivity contribution < 1.29 is 14.3 Å². The van der Waals surface area contributed by atoms with Crippen molar-refractivity contribution in [2.24, 2.45) is 0 Å². The van der Waals surface area contributed by atoms with Crippen LogP contribution in [0.1, 0.15) is 28.9 Å². The van der Waals surface area contributed by atoms with E-state index in [1.807, 2.05) is 37.3 Å². The van der Waals surface area contributed by atoms with Crippen molar-refractivity contribution in [3.8, 4) is 5.88 Å². The molecule has 0 radical (unpaired) electrons. The smallest absolute Gasteiger partial charge is 0.321 e. The van der Waals surface area contributed by atoms with Gasteiger partial charge in [-0.05, 0) is 42.8 Å². The second-order valence-corrected chi connectivity index (χ2v) is 6.94. The van der Waals surface area contributed by atoms with Crippen LogP contribution < -0.4 is 20.3 Å². The molecule has 0 aliphatic carbocycles. The third kappa shape index (κ3) is 4.41. The Morgan fingerprint density at radius 3 is 2.50 bits per heavy atom. The molecule has 0 spiro atoms. The number of aromatic nitrogens is 1. The third-order valence-corrected chi connectivity index (χ3v) is 4.86. The lowest BCUT2D eigenvalue weighted by Crippen LogP contribution is -2.27. The van der Waals surface area contributed by atoms with E-state index in [0.717, 1.165) is 11.3 Å². The quantitative estimate of drug-likeness (QED) is 0.653. The number of benzene rings is 2. The number of rotatable bonds is 6. The highest BCUT2D eigenvalue weighted by Crippen LogP contribution is 2.21. The zero-order chi connectivity index (χ0) is 20.9. The molecule has 0 bridgehead atoms. The average molecular weight is 402 g/mol. The Kier molecular flexibility index (Phi) is 5.61. The molecular formula is C23H22N4O3. The molecule has 0 saturated carbocycles. The standard InChI is InChI=1S/C23H22N4O3/c1-16(17-5-3-2-4-6-17)30-21-12-7-18(15-25-21)22(28)26-19-8-10-20(11-9-19)27-14-13-24-23(27)29/h2-12,15-16H,13-14H2,1H3,(H,24,29)(H,26,28)/t16-/m0/s1. The monoisotopic (exact) mass is 402 g/mol. The first-order valence-corrected chi connectivity index (χ1v) is 9.74. The summed E-state index contributed by atoms with van der Waals surface area (Å²) in [6.07, 6.45) is 1.35. The minimum absolute atomic E-state index is 0.109. The Hall–Kier alpha value is -3.87. The van der Waals surface area contributed by atoms with Gasteiger partial charge in [0.05, 0.1) is 5.56 Å². The van der Waals surface area contributed by atoms with Gasteiger partial charge in [0.25, 0.3) is 5.91 Å². The Morgan fingerprint density at radius 1 is 1.10 bits per heavy atom. The van der Waals surface area contributed by atoms with Crippen molar-refractivity contribution in [2.75, 3.05) is 23.3 Å². The van der Waals surface area contributed by atoms with E-state index in [2.05, 4.69) is 15.6 Å². The van der Waals surface area contributed by atoms with Crippen LogP contribution in [0.3, 0.4) is 0 Å². The van der Waals surface area contributed by atoms with E-state index in [9.17, 15) is 9.59 Å². The van der Waals surface area contributed by atoms with E-state index in [-0.39, 0.29) is 18.0 Å². The molecule has 1 aromatic heterocycles. The predicted molar refractivity (Wildman–Crippen MR) is 115 cm³/mol. The molecule has 1 aliphatic heterocycles. The summed E-state index contributed by atoms with van der Waals surface area (Å²) in [7, 11) is 0. The largest absolute Gasteiger partial charge is 0.470 e. The Labute approximate surface area is 174 Å². The number of hydrogen-bond acceptors (Lipinski definition) is 4. The number of hydrogen-bond donors (Lipinski definition) is 2. The molecule has 1 atom stereocenters. The minimum atomic E-state index is -0.267. The van der Waals surface area contributed by atoms with Crippen LogP contribution in [-0.4, -0.2) is 30.0 Å². The van der Waals surface area contributed by atoms with E-state index < -0.39 is 0 Å². The molecule has 1 saturated heterocycles. The van der Waals surface area contributed by atoms with Crippen LogP contribution in [0.15, 0.2) is 72.9 Å². The maximum atomic E-state index is 12.5. The molecule has 152 valence electrons. The molecule has 3 amide bonds. The second kappa shape index (κ2) is 8.65. The molecule has 1 fully saturated rings. The summed E-state index contributed by atoms with van der Waals surface area (Å²) >= 11 is 0. The SMILES string of the molecule is C[C@H](Oc1ccc(C(=O)Nc2ccc(N3CCNC3=O)cc2)cn1)c1ccccc1. The van der Waals surface area contributed by atoms with Crippen molar-refractivity contribution in [2.45, 2.75) is 13.0 Å². The van der Waals surface area contributed by atoms with Crippen LogP contribution in [0.5, 0.6) is 5.88 Å². The number of carbonyl (C=O) groups is 2. The summed E-state index contributed by atoms with van der Waals surface area (Å²) in [4.78, 5) is 30.1. The van der Waals surface area contributed by atoms with Gasteiger partial charge >= 0.3 is 6.03 Å². The number of nitrogens with one attached hydrogen (secondary N) is 2. The van der Waals surface area contributed by atoms with E-state index in [4.69, 9.17) is 4.74 Å². The highest BCUT2D eigenvalue weighted by atomic mass is 16.5. The fourth-order valence-electron chi connectivity index (χ4n) is 3.20. The fraction of sp³-hybridized carbons (Fsp3) is 0.174. The molecule has 3 aromatic rings. The summed E-state index contributed by atoms with van der Waals surface area (Å²) in [6.45, 7) is 3.22. The first kappa shape index (κ1) is 19.4. The third-order valence-electron chi connectivity index (χ3n) is 4.86. The van der Waals surface area contributed by atoms with Crippen LogP contribution in [0.4, 0.5) is 16.2 Å². The van der Waals surface area contributed by atoms with Crippen LogP contribution in [0, 0.1) is 0 Å². The van der Waals surface area contributed by atoms with E-state index in [0.29, 0.717) is 30.2 Å². The number of anilines is 2. The van der Waals surface area contributed by atoms with Gasteiger partial charge in [-0.3, -0.25) is 9.69 Å². The highest BCUT2D eigenvalue weighted by Gasteiger charge is 2.20. The summed E-state index contributed by atoms with van der Waals surface area (Å²) in [5.41, 5.74) is 2.91. The fourth-order valence-corrected chi connectivity index (χ4v) is 3.20. The van der Waals surface area contributed by atoms with Crippen molar-refractivity contribution in [3.05, 3.63) is 84.1 Å². The van der Waals surface area contributed by atoms with Crippen molar-refractivity contribution in [3.63, 3.8) is 0 Å². The highest BCUT2D eigenvalue weighted by molar-refractivity contribution is 6.04. The van der Waals surface area contributed by atoms with Gasteiger partial charge in [-0.15, -0.1) is 0 Å². The van der Waals surface area contributed by atoms with E-state index in [1.165, 1.54) is 6.20 Å². The van der Waals surface area contributed by atoms with Gasteiger partial charge in [0.1, 0.15) is 6.10 Å². The number of pyridine rings is 1. The van der Waals surface area contributed by atoms with Crippen LogP contribution >= 0.6 is 0 Å². The first-order chi connectivity index (χ1) is 14.6. The van der Waals surface area contributed by atoms with Gasteiger partial charge in [-0.25, -0.2) is 9.78 Å². The van der Waals surface area contributed by atoms with Crippen molar-refractivity contribution in [1.29, 1.82) is 0 Å². The lowest BCUT2D eigenvalue weighted by molar-refractivity contribution is 0.102. The summed E-state index contributed by atoms with van der Waals surface area (Å²) < 4.78 is 5.84. The summed E-state index contributed by atoms with van der Waals surface area (Å²) in [5.74, 6) is 0.188. The van der Waals surface area contributed by atoms with Crippen molar-refractivity contribution in [1.82, 2.24) is 10.3 Å². The van der Waals surface area contributed by atoms with Gasteiger partial charge in [0, 0.05) is 36.7 Å². The number of ether oxygens (including phenoxy) is 1. The zero-order valence-electron chi connectivity index (χ0n) is 16.5. The van der Waals surface area contributed by atoms with Gasteiger partial charge in [0.2, 0.25) is 5.88 Å². The molecule has 0 unspecified atom stereocenters. The number of carbonyl (C=O) groups excluding carboxylic acids is 2. The molecule has 2 heterocycles. The molecule has 4 rings (SSSR count). The van der Waals surface area contributed by atoms with Gasteiger partial charge in [-0.1, -0.05) is 30.3 Å². The topological polar surface area (TPSA) is 83.6 Å².